The highest BCUT2D eigenvalue weighted by molar-refractivity contribution is 9.10. The SMILES string of the molecule is O=CC(=O)COc1nc(Br)ccc1F. The second-order valence-corrected chi connectivity index (χ2v) is 3.11. The zero-order valence-electron chi connectivity index (χ0n) is 6.87. The second-order valence-electron chi connectivity index (χ2n) is 2.29. The Morgan fingerprint density at radius 2 is 2.36 bits per heavy atom. The van der Waals surface area contributed by atoms with E-state index in [2.05, 4.69) is 25.7 Å². The second kappa shape index (κ2) is 4.80. The van der Waals surface area contributed by atoms with E-state index in [1.54, 1.807) is 0 Å². The number of rotatable bonds is 4. The maximum atomic E-state index is 12.9. The molecule has 14 heavy (non-hydrogen) atoms. The molecule has 0 saturated carbocycles. The predicted octanol–water partition coefficient (Wildman–Crippen LogP) is 1.13. The third-order valence-electron chi connectivity index (χ3n) is 1.26. The van der Waals surface area contributed by atoms with E-state index in [1.165, 1.54) is 6.07 Å². The van der Waals surface area contributed by atoms with Gasteiger partial charge in [-0.25, -0.2) is 9.37 Å². The van der Waals surface area contributed by atoms with E-state index in [1.807, 2.05) is 0 Å². The fourth-order valence-electron chi connectivity index (χ4n) is 0.676. The van der Waals surface area contributed by atoms with E-state index in [0.29, 0.717) is 4.60 Å². The van der Waals surface area contributed by atoms with Crippen molar-refractivity contribution in [2.24, 2.45) is 0 Å². The van der Waals surface area contributed by atoms with Gasteiger partial charge in [0, 0.05) is 0 Å². The summed E-state index contributed by atoms with van der Waals surface area (Å²) in [5.74, 6) is -1.77. The van der Waals surface area contributed by atoms with Gasteiger partial charge in [-0.05, 0) is 28.1 Å². The number of aldehydes is 1. The number of carbonyl (C=O) groups excluding carboxylic acids is 2. The molecular formula is C8H5BrFNO3. The molecule has 0 bridgehead atoms. The topological polar surface area (TPSA) is 56.3 Å². The Kier molecular flexibility index (Phi) is 3.70. The molecule has 4 nitrogen and oxygen atoms in total. The number of aromatic nitrogens is 1. The van der Waals surface area contributed by atoms with Crippen LogP contribution in [0.3, 0.4) is 0 Å². The molecule has 0 saturated heterocycles. The third-order valence-corrected chi connectivity index (χ3v) is 1.70. The molecule has 0 aliphatic carbocycles. The molecule has 0 aliphatic heterocycles. The van der Waals surface area contributed by atoms with Crippen LogP contribution in [0.2, 0.25) is 0 Å². The lowest BCUT2D eigenvalue weighted by Gasteiger charge is -2.03. The van der Waals surface area contributed by atoms with Gasteiger partial charge >= 0.3 is 0 Å². The number of ether oxygens (including phenoxy) is 1. The molecule has 0 fully saturated rings. The first-order valence-corrected chi connectivity index (χ1v) is 4.35. The number of Topliss-reactive ketones (excluding diaryl/α,β-unsaturated/α-hetero) is 1. The number of halogens is 2. The largest absolute Gasteiger partial charge is 0.467 e. The molecular weight excluding hydrogens is 257 g/mol. The molecule has 1 aromatic rings. The molecule has 1 rings (SSSR count). The molecule has 0 N–H and O–H groups in total. The normalized spacial score (nSPS) is 9.57. The van der Waals surface area contributed by atoms with E-state index in [4.69, 9.17) is 0 Å². The van der Waals surface area contributed by atoms with Gasteiger partial charge in [0.25, 0.3) is 5.88 Å². The molecule has 6 heteroatoms. The molecule has 0 spiro atoms. The Morgan fingerprint density at radius 3 is 3.00 bits per heavy atom. The van der Waals surface area contributed by atoms with Crippen molar-refractivity contribution in [1.82, 2.24) is 4.98 Å². The zero-order valence-corrected chi connectivity index (χ0v) is 8.45. The number of hydrogen-bond acceptors (Lipinski definition) is 4. The van der Waals surface area contributed by atoms with Gasteiger partial charge in [-0.2, -0.15) is 0 Å². The Labute approximate surface area is 87.2 Å². The summed E-state index contributed by atoms with van der Waals surface area (Å²) < 4.78 is 18.0. The van der Waals surface area contributed by atoms with E-state index in [-0.39, 0.29) is 12.2 Å². The molecule has 0 unspecified atom stereocenters. The van der Waals surface area contributed by atoms with Crippen LogP contribution in [0, 0.1) is 5.82 Å². The van der Waals surface area contributed by atoms with Crippen LogP contribution in [-0.4, -0.2) is 23.7 Å². The summed E-state index contributed by atoms with van der Waals surface area (Å²) >= 11 is 3.01. The maximum absolute atomic E-state index is 12.9. The van der Waals surface area contributed by atoms with Crippen LogP contribution >= 0.6 is 15.9 Å². The monoisotopic (exact) mass is 261 g/mol. The van der Waals surface area contributed by atoms with Gasteiger partial charge in [-0.1, -0.05) is 0 Å². The lowest BCUT2D eigenvalue weighted by atomic mass is 10.4. The van der Waals surface area contributed by atoms with E-state index < -0.39 is 18.2 Å². The number of carbonyl (C=O) groups is 2. The fraction of sp³-hybridized carbons (Fsp3) is 0.125. The maximum Gasteiger partial charge on any atom is 0.251 e. The first-order valence-electron chi connectivity index (χ1n) is 3.56. The highest BCUT2D eigenvalue weighted by Gasteiger charge is 2.07. The van der Waals surface area contributed by atoms with Gasteiger partial charge in [-0.15, -0.1) is 0 Å². The molecule has 0 aliphatic rings. The summed E-state index contributed by atoms with van der Waals surface area (Å²) in [4.78, 5) is 24.1. The summed E-state index contributed by atoms with van der Waals surface area (Å²) in [7, 11) is 0. The fourth-order valence-corrected chi connectivity index (χ4v) is 0.969. The summed E-state index contributed by atoms with van der Waals surface area (Å²) in [6.07, 6.45) is 0.107. The molecule has 0 amide bonds. The molecule has 0 atom stereocenters. The van der Waals surface area contributed by atoms with Crippen molar-refractivity contribution in [1.29, 1.82) is 0 Å². The lowest BCUT2D eigenvalue weighted by molar-refractivity contribution is -0.131. The van der Waals surface area contributed by atoms with Crippen LogP contribution in [0.25, 0.3) is 0 Å². The number of nitrogens with zero attached hydrogens (tertiary/aromatic N) is 1. The standard InChI is InChI=1S/C8H5BrFNO3/c9-7-2-1-6(10)8(11-7)14-4-5(13)3-12/h1-3H,4H2. The van der Waals surface area contributed by atoms with Gasteiger partial charge < -0.3 is 4.74 Å². The lowest BCUT2D eigenvalue weighted by Crippen LogP contribution is -2.13. The highest BCUT2D eigenvalue weighted by Crippen LogP contribution is 2.16. The van der Waals surface area contributed by atoms with Crippen LogP contribution in [0.15, 0.2) is 16.7 Å². The minimum absolute atomic E-state index is 0.107. The average Bonchev–Trinajstić information content (AvgIpc) is 2.19. The van der Waals surface area contributed by atoms with Crippen LogP contribution < -0.4 is 4.74 Å². The summed E-state index contributed by atoms with van der Waals surface area (Å²) in [5, 5.41) is 0. The number of pyridine rings is 1. The van der Waals surface area contributed by atoms with Crippen molar-refractivity contribution in [3.8, 4) is 5.88 Å². The Balaban J connectivity index is 2.71. The van der Waals surface area contributed by atoms with Crippen molar-refractivity contribution < 1.29 is 18.7 Å². The molecule has 0 radical (unpaired) electrons. The smallest absolute Gasteiger partial charge is 0.251 e. The highest BCUT2D eigenvalue weighted by atomic mass is 79.9. The van der Waals surface area contributed by atoms with Crippen LogP contribution in [0.4, 0.5) is 4.39 Å². The first-order chi connectivity index (χ1) is 6.63. The van der Waals surface area contributed by atoms with Gasteiger partial charge in [0.05, 0.1) is 0 Å². The van der Waals surface area contributed by atoms with Gasteiger partial charge in [0.15, 0.2) is 18.7 Å². The van der Waals surface area contributed by atoms with Crippen LogP contribution in [-0.2, 0) is 9.59 Å². The molecule has 0 aromatic carbocycles. The average molecular weight is 262 g/mol. The quantitative estimate of drug-likeness (QED) is 0.463. The van der Waals surface area contributed by atoms with E-state index in [0.717, 1.165) is 6.07 Å². The zero-order chi connectivity index (χ0) is 10.6. The minimum atomic E-state index is -0.772. The minimum Gasteiger partial charge on any atom is -0.467 e. The van der Waals surface area contributed by atoms with Crippen molar-refractivity contribution >= 4 is 28.0 Å². The van der Waals surface area contributed by atoms with Gasteiger partial charge in [-0.3, -0.25) is 9.59 Å². The van der Waals surface area contributed by atoms with Crippen molar-refractivity contribution in [2.45, 2.75) is 0 Å². The van der Waals surface area contributed by atoms with Crippen molar-refractivity contribution in [3.63, 3.8) is 0 Å². The molecule has 1 heterocycles. The third kappa shape index (κ3) is 2.88. The summed E-state index contributed by atoms with van der Waals surface area (Å²) in [6, 6.07) is 2.53. The Bertz CT molecular complexity index is 370. The summed E-state index contributed by atoms with van der Waals surface area (Å²) in [5.41, 5.74) is 0. The summed E-state index contributed by atoms with van der Waals surface area (Å²) in [6.45, 7) is -0.510. The first kappa shape index (κ1) is 10.8. The Morgan fingerprint density at radius 1 is 1.64 bits per heavy atom. The molecule has 74 valence electrons. The van der Waals surface area contributed by atoms with Crippen LogP contribution in [0.1, 0.15) is 0 Å². The van der Waals surface area contributed by atoms with Crippen LogP contribution in [0.5, 0.6) is 5.88 Å². The number of hydrogen-bond donors (Lipinski definition) is 0. The van der Waals surface area contributed by atoms with Gasteiger partial charge in [0.2, 0.25) is 5.78 Å². The Hall–Kier alpha value is -1.30. The van der Waals surface area contributed by atoms with Crippen molar-refractivity contribution in [3.05, 3.63) is 22.6 Å². The van der Waals surface area contributed by atoms with E-state index in [9.17, 15) is 14.0 Å². The molecule has 1 aromatic heterocycles. The predicted molar refractivity (Wildman–Crippen MR) is 48.5 cm³/mol. The van der Waals surface area contributed by atoms with Gasteiger partial charge in [0.1, 0.15) is 4.60 Å². The van der Waals surface area contributed by atoms with E-state index >= 15 is 0 Å². The number of ketones is 1. The van der Waals surface area contributed by atoms with Crippen molar-refractivity contribution in [2.75, 3.05) is 6.61 Å².